The number of nitrogens with zero attached hydrogens (tertiary/aromatic N) is 11. The van der Waals surface area contributed by atoms with E-state index >= 15 is 0 Å². The average Bonchev–Trinajstić information content (AvgIpc) is 1.67. The topological polar surface area (TPSA) is 253 Å². The number of hydrogen-bond acceptors (Lipinski definition) is 14. The largest absolute Gasteiger partial charge is 0.416 e. The number of carbonyl (C=O) groups is 2. The highest BCUT2D eigenvalue weighted by molar-refractivity contribution is 9.10. The van der Waals surface area contributed by atoms with Crippen LogP contribution in [0.15, 0.2) is 114 Å². The predicted molar refractivity (Wildman–Crippen MR) is 358 cm³/mol. The number of nitrogens with one attached hydrogen (secondary N) is 7. The molecule has 5 aromatic heterocycles. The normalized spacial score (nSPS) is 20.3. The molecule has 4 bridgehead atoms. The number of carbonyl (C=O) groups excluding carboxylic acids is 2. The molecule has 8 aliphatic heterocycles. The Morgan fingerprint density at radius 1 is 0.554 bits per heavy atom. The van der Waals surface area contributed by atoms with Gasteiger partial charge in [0.05, 0.1) is 70.5 Å². The molecule has 0 radical (unpaired) electrons. The molecule has 8 saturated heterocycles. The van der Waals surface area contributed by atoms with Gasteiger partial charge < -0.3 is 39.7 Å². The third kappa shape index (κ3) is 13.8. The second-order valence-electron chi connectivity index (χ2n) is 24.4. The highest BCUT2D eigenvalue weighted by Crippen LogP contribution is 2.40. The number of aromatic amines is 4. The highest BCUT2D eigenvalue weighted by atomic mass is 79.9. The summed E-state index contributed by atoms with van der Waals surface area (Å²) in [5.74, 6) is 1.63. The van der Waals surface area contributed by atoms with E-state index in [1.54, 1.807) is 0 Å². The smallest absolute Gasteiger partial charge is 0.371 e. The standard InChI is InChI=1S/C19H21ClN4O2S.C15H17ClN6.C15H15F3N4O.C14H15BrN4O/c1-27(25,26)23-16-4-2-13(3-5-16)14-6-8-24(9-7-14)19-11-15(20)10-18-17(19)12-21-22-18;1-20-3-2-17-15(20)22-6-4-21(5-7-22)14-9-11(16)8-13-12(14)10-18-19-13;16-15(17,18)9-3-12-11(5-19-21-12)13(4-9)22-6-8-1-2-10(7-22)20-14(8)23;15-9-3-12-11(5-16-18-12)13(4-9)19-6-8-1-2-10(7-19)17-14(8)20/h2-5,10-12,14,23H,6-9H2,1H3,(H,21,22);2-3,8-10H,4-7H2,1H3,(H,18,19);3-5,8,10H,1-2,6-7H2,(H,19,21)(H,20,23);3-5,8,10H,1-2,6-7H2,(H,16,18)(H,17,20)/t;;2*8-,10+/m..11/s1. The molecule has 8 fully saturated rings. The minimum Gasteiger partial charge on any atom is -0.371 e. The van der Waals surface area contributed by atoms with Gasteiger partial charge in [-0.2, -0.15) is 33.6 Å². The van der Waals surface area contributed by atoms with Crippen molar-refractivity contribution in [3.8, 4) is 0 Å². The van der Waals surface area contributed by atoms with E-state index in [1.165, 1.54) is 11.8 Å². The van der Waals surface area contributed by atoms with Gasteiger partial charge in [0.1, 0.15) is 0 Å². The van der Waals surface area contributed by atoms with E-state index in [1.807, 2.05) is 97.5 Å². The number of aromatic nitrogens is 10. The van der Waals surface area contributed by atoms with Crippen LogP contribution in [0.2, 0.25) is 10.0 Å². The van der Waals surface area contributed by atoms with Crippen LogP contribution in [0.1, 0.15) is 55.6 Å². The Hall–Kier alpha value is -8.27. The van der Waals surface area contributed by atoms with Crippen LogP contribution in [0.4, 0.5) is 47.6 Å². The Morgan fingerprint density at radius 2 is 1.01 bits per heavy atom. The summed E-state index contributed by atoms with van der Waals surface area (Å²) in [6.45, 7) is 8.25. The fraction of sp³-hybridized carbons (Fsp3) is 0.381. The lowest BCUT2D eigenvalue weighted by Crippen LogP contribution is -2.47. The van der Waals surface area contributed by atoms with Crippen molar-refractivity contribution in [3.05, 3.63) is 136 Å². The Balaban J connectivity index is 0.000000113. The van der Waals surface area contributed by atoms with Crippen molar-refractivity contribution in [1.82, 2.24) is 61.0 Å². The molecule has 92 heavy (non-hydrogen) atoms. The van der Waals surface area contributed by atoms with Crippen molar-refractivity contribution < 1.29 is 31.2 Å². The first kappa shape index (κ1) is 62.5. The number of piperidine rings is 3. The molecule has 8 aliphatic rings. The van der Waals surface area contributed by atoms with Gasteiger partial charge in [-0.05, 0) is 111 Å². The van der Waals surface area contributed by atoms with E-state index in [0.29, 0.717) is 46.3 Å². The summed E-state index contributed by atoms with van der Waals surface area (Å²) in [5, 5.41) is 39.3. The van der Waals surface area contributed by atoms with Crippen molar-refractivity contribution in [3.63, 3.8) is 0 Å². The number of aryl methyl sites for hydroxylation is 1. The van der Waals surface area contributed by atoms with E-state index in [0.717, 1.165) is 174 Å². The van der Waals surface area contributed by atoms with E-state index in [2.05, 4.69) is 107 Å². The average molecular weight is 1380 g/mol. The third-order valence-electron chi connectivity index (χ3n) is 18.2. The van der Waals surface area contributed by atoms with Crippen molar-refractivity contribution in [2.24, 2.45) is 18.9 Å². The SMILES string of the molecule is CS(=O)(=O)Nc1ccc(C2CCN(c3cc(Cl)cc4[nH]ncc34)CC2)cc1.Cn1ccnc1N1CCN(c2cc(Cl)cc3[nH]ncc23)CC1.O=C1N[C@H]2CC[C@@H]1CN(c1cc(Br)cc3[nH]ncc13)C2.O=C1N[C@H]2CC[C@@H]1CN(c1cc(C(F)(F)F)cc3[nH]ncc13)C2. The number of rotatable bonds is 8. The number of alkyl halides is 3. The lowest BCUT2D eigenvalue weighted by atomic mass is 9.89. The summed E-state index contributed by atoms with van der Waals surface area (Å²) < 4.78 is 67.7. The van der Waals surface area contributed by atoms with E-state index < -0.39 is 21.8 Å². The van der Waals surface area contributed by atoms with Crippen molar-refractivity contribution in [2.75, 3.05) is 101 Å². The number of amides is 2. The molecule has 0 spiro atoms. The number of benzene rings is 5. The van der Waals surface area contributed by atoms with Crippen molar-refractivity contribution >= 4 is 139 Å². The van der Waals surface area contributed by atoms with Crippen LogP contribution in [-0.4, -0.2) is 154 Å². The summed E-state index contributed by atoms with van der Waals surface area (Å²) >= 11 is 16.0. The molecule has 0 unspecified atom stereocenters. The third-order valence-corrected chi connectivity index (χ3v) is 19.7. The first-order chi connectivity index (χ1) is 44.2. The number of hydrogen-bond donors (Lipinski definition) is 7. The molecule has 10 aromatic rings. The molecule has 5 aromatic carbocycles. The zero-order chi connectivity index (χ0) is 64.0. The molecule has 18 rings (SSSR count). The fourth-order valence-electron chi connectivity index (χ4n) is 13.6. The lowest BCUT2D eigenvalue weighted by molar-refractivity contribution is -0.137. The summed E-state index contributed by atoms with van der Waals surface area (Å²) in [6, 6.07) is 22.2. The second-order valence-corrected chi connectivity index (χ2v) is 28.0. The Labute approximate surface area is 546 Å². The Morgan fingerprint density at radius 3 is 1.48 bits per heavy atom. The van der Waals surface area contributed by atoms with Crippen LogP contribution in [0.5, 0.6) is 0 Å². The summed E-state index contributed by atoms with van der Waals surface area (Å²) in [6.07, 6.45) is 13.4. The van der Waals surface area contributed by atoms with Crippen LogP contribution < -0.4 is 39.9 Å². The monoisotopic (exact) mass is 1380 g/mol. The number of fused-ring (bicyclic) bond motifs is 12. The number of sulfonamides is 1. The van der Waals surface area contributed by atoms with Gasteiger partial charge in [0.25, 0.3) is 0 Å². The van der Waals surface area contributed by atoms with Crippen molar-refractivity contribution in [2.45, 2.75) is 62.7 Å². The van der Waals surface area contributed by atoms with Gasteiger partial charge >= 0.3 is 6.18 Å². The molecule has 13 heterocycles. The summed E-state index contributed by atoms with van der Waals surface area (Å²) in [7, 11) is -1.22. The summed E-state index contributed by atoms with van der Waals surface area (Å²) in [5.41, 5.74) is 8.34. The molecule has 2 amide bonds. The second kappa shape index (κ2) is 26.0. The lowest BCUT2D eigenvalue weighted by Gasteiger charge is -2.36. The maximum atomic E-state index is 13.2. The van der Waals surface area contributed by atoms with E-state index in [-0.39, 0.29) is 35.7 Å². The predicted octanol–water partition coefficient (Wildman–Crippen LogP) is 10.6. The van der Waals surface area contributed by atoms with E-state index in [9.17, 15) is 31.2 Å². The van der Waals surface area contributed by atoms with Gasteiger partial charge in [-0.25, -0.2) is 13.4 Å². The van der Waals surface area contributed by atoms with Gasteiger partial charge in [-0.15, -0.1) is 0 Å². The maximum absolute atomic E-state index is 13.2. The van der Waals surface area contributed by atoms with Crippen LogP contribution in [0.25, 0.3) is 43.6 Å². The molecule has 4 atom stereocenters. The molecular formula is C63H68BrCl2F3N18O4S. The van der Waals surface area contributed by atoms with Crippen LogP contribution in [0, 0.1) is 11.8 Å². The highest BCUT2D eigenvalue weighted by Gasteiger charge is 2.39. The minimum atomic E-state index is -4.42. The molecular weight excluding hydrogens is 1310 g/mol. The Kier molecular flexibility index (Phi) is 17.7. The minimum absolute atomic E-state index is 0.000775. The van der Waals surface area contributed by atoms with Crippen LogP contribution in [-0.2, 0) is 32.8 Å². The van der Waals surface area contributed by atoms with Crippen LogP contribution in [0.3, 0.4) is 0 Å². The zero-order valence-corrected chi connectivity index (χ0v) is 54.2. The number of halogens is 6. The molecule has 29 heteroatoms. The van der Waals surface area contributed by atoms with Crippen molar-refractivity contribution in [1.29, 1.82) is 0 Å². The van der Waals surface area contributed by atoms with Gasteiger partial charge in [-0.3, -0.25) is 34.7 Å². The number of anilines is 6. The number of imidazole rings is 1. The van der Waals surface area contributed by atoms with Gasteiger partial charge in [0, 0.05) is 161 Å². The molecule has 0 aliphatic carbocycles. The van der Waals surface area contributed by atoms with Gasteiger partial charge in [-0.1, -0.05) is 51.3 Å². The van der Waals surface area contributed by atoms with E-state index in [4.69, 9.17) is 23.2 Å². The van der Waals surface area contributed by atoms with Gasteiger partial charge in [0.15, 0.2) is 0 Å². The maximum Gasteiger partial charge on any atom is 0.416 e. The number of H-pyrrole nitrogens is 4. The first-order valence-electron chi connectivity index (χ1n) is 30.6. The quantitative estimate of drug-likeness (QED) is 0.0747. The zero-order valence-electron chi connectivity index (χ0n) is 50.3. The molecule has 0 saturated carbocycles. The van der Waals surface area contributed by atoms with Crippen LogP contribution >= 0.6 is 39.1 Å². The first-order valence-corrected chi connectivity index (χ1v) is 34.0. The Bertz CT molecular complexity index is 4430. The molecule has 482 valence electrons. The summed E-state index contributed by atoms with van der Waals surface area (Å²) in [4.78, 5) is 39.6. The molecule has 7 N–H and O–H groups in total. The fourth-order valence-corrected chi connectivity index (χ4v) is 15.1. The number of piperazine rings is 1. The molecule has 22 nitrogen and oxygen atoms in total. The van der Waals surface area contributed by atoms with Gasteiger partial charge in [0.2, 0.25) is 27.8 Å².